The first-order valence-electron chi connectivity index (χ1n) is 11.5. The van der Waals surface area contributed by atoms with Crippen LogP contribution in [0.3, 0.4) is 0 Å². The van der Waals surface area contributed by atoms with Gasteiger partial charge in [0.1, 0.15) is 0 Å². The van der Waals surface area contributed by atoms with Gasteiger partial charge in [-0.2, -0.15) is 0 Å². The van der Waals surface area contributed by atoms with Gasteiger partial charge in [-0.05, 0) is 69.1 Å². The van der Waals surface area contributed by atoms with E-state index in [4.69, 9.17) is 23.2 Å². The molecule has 8 heteroatoms. The molecule has 2 amide bonds. The van der Waals surface area contributed by atoms with Gasteiger partial charge in [0.15, 0.2) is 0 Å². The third-order valence-electron chi connectivity index (χ3n) is 6.31. The SMILES string of the molecule is O=C(/C=C/c1ccc(Cl)c(Cl)c1)N1CCC(=O)N(C(CO)CCCN2CCCCC2)CC1. The van der Waals surface area contributed by atoms with Crippen molar-refractivity contribution in [2.75, 3.05) is 45.9 Å². The first-order chi connectivity index (χ1) is 15.5. The third-order valence-corrected chi connectivity index (χ3v) is 7.05. The van der Waals surface area contributed by atoms with Crippen molar-refractivity contribution in [3.05, 3.63) is 39.9 Å². The first kappa shape index (κ1) is 25.0. The molecule has 1 aromatic rings. The Morgan fingerprint density at radius 2 is 1.84 bits per heavy atom. The summed E-state index contributed by atoms with van der Waals surface area (Å²) in [6.45, 7) is 4.56. The molecule has 1 atom stereocenters. The first-order valence-corrected chi connectivity index (χ1v) is 12.3. The number of amides is 2. The van der Waals surface area contributed by atoms with Crippen molar-refractivity contribution >= 4 is 41.1 Å². The molecule has 176 valence electrons. The van der Waals surface area contributed by atoms with Crippen molar-refractivity contribution in [2.45, 2.75) is 44.6 Å². The number of hydrogen-bond acceptors (Lipinski definition) is 4. The van der Waals surface area contributed by atoms with Crippen LogP contribution in [0.15, 0.2) is 24.3 Å². The molecular weight excluding hydrogens is 449 g/mol. The summed E-state index contributed by atoms with van der Waals surface area (Å²) in [5.74, 6) is -0.137. The minimum Gasteiger partial charge on any atom is -0.394 e. The molecule has 0 spiro atoms. The van der Waals surface area contributed by atoms with Crippen LogP contribution in [0, 0.1) is 0 Å². The number of benzene rings is 1. The summed E-state index contributed by atoms with van der Waals surface area (Å²) in [5, 5.41) is 10.8. The van der Waals surface area contributed by atoms with Crippen molar-refractivity contribution < 1.29 is 14.7 Å². The smallest absolute Gasteiger partial charge is 0.246 e. The maximum atomic E-state index is 12.7. The summed E-state index contributed by atoms with van der Waals surface area (Å²) in [4.78, 5) is 31.3. The number of carbonyl (C=O) groups is 2. The number of hydrogen-bond donors (Lipinski definition) is 1. The zero-order valence-electron chi connectivity index (χ0n) is 18.5. The van der Waals surface area contributed by atoms with Gasteiger partial charge in [0, 0.05) is 32.1 Å². The maximum Gasteiger partial charge on any atom is 0.246 e. The summed E-state index contributed by atoms with van der Waals surface area (Å²) in [7, 11) is 0. The van der Waals surface area contributed by atoms with Gasteiger partial charge < -0.3 is 19.8 Å². The highest BCUT2D eigenvalue weighted by Gasteiger charge is 2.28. The molecule has 32 heavy (non-hydrogen) atoms. The van der Waals surface area contributed by atoms with Gasteiger partial charge in [0.25, 0.3) is 0 Å². The fourth-order valence-corrected chi connectivity index (χ4v) is 4.72. The third kappa shape index (κ3) is 7.20. The number of aliphatic hydroxyl groups excluding tert-OH is 1. The molecule has 1 unspecified atom stereocenters. The zero-order valence-corrected chi connectivity index (χ0v) is 20.0. The highest BCUT2D eigenvalue weighted by atomic mass is 35.5. The Morgan fingerprint density at radius 1 is 1.06 bits per heavy atom. The molecule has 2 saturated heterocycles. The average molecular weight is 482 g/mol. The van der Waals surface area contributed by atoms with Crippen LogP contribution in [0.5, 0.6) is 0 Å². The van der Waals surface area contributed by atoms with E-state index in [0.29, 0.717) is 29.7 Å². The Labute approximate surface area is 200 Å². The van der Waals surface area contributed by atoms with Crippen molar-refractivity contribution in [3.8, 4) is 0 Å². The largest absolute Gasteiger partial charge is 0.394 e. The number of piperidine rings is 1. The second-order valence-electron chi connectivity index (χ2n) is 8.55. The molecule has 2 heterocycles. The molecule has 0 saturated carbocycles. The number of carbonyl (C=O) groups excluding carboxylic acids is 2. The van der Waals surface area contributed by atoms with Crippen LogP contribution in [-0.2, 0) is 9.59 Å². The average Bonchev–Trinajstić information content (AvgIpc) is 3.00. The van der Waals surface area contributed by atoms with E-state index in [1.807, 2.05) is 0 Å². The van der Waals surface area contributed by atoms with E-state index in [0.717, 1.165) is 38.0 Å². The molecule has 2 fully saturated rings. The van der Waals surface area contributed by atoms with Gasteiger partial charge in [0.2, 0.25) is 11.8 Å². The summed E-state index contributed by atoms with van der Waals surface area (Å²) >= 11 is 12.0. The molecule has 0 aromatic heterocycles. The van der Waals surface area contributed by atoms with Crippen LogP contribution in [0.25, 0.3) is 6.08 Å². The predicted molar refractivity (Wildman–Crippen MR) is 129 cm³/mol. The fraction of sp³-hybridized carbons (Fsp3) is 0.583. The lowest BCUT2D eigenvalue weighted by Crippen LogP contribution is -2.44. The molecule has 2 aliphatic heterocycles. The minimum atomic E-state index is -0.186. The Bertz CT molecular complexity index is 812. The van der Waals surface area contributed by atoms with Crippen molar-refractivity contribution in [1.82, 2.24) is 14.7 Å². The quantitative estimate of drug-likeness (QED) is 0.574. The van der Waals surface area contributed by atoms with Gasteiger partial charge in [-0.1, -0.05) is 35.7 Å². The normalized spacial score (nSPS) is 19.4. The van der Waals surface area contributed by atoms with Crippen LogP contribution >= 0.6 is 23.2 Å². The molecular formula is C24H33Cl2N3O3. The van der Waals surface area contributed by atoms with Crippen molar-refractivity contribution in [3.63, 3.8) is 0 Å². The molecule has 0 radical (unpaired) electrons. The summed E-state index contributed by atoms with van der Waals surface area (Å²) in [5.41, 5.74) is 0.786. The summed E-state index contributed by atoms with van der Waals surface area (Å²) in [6, 6.07) is 5.00. The van der Waals surface area contributed by atoms with Gasteiger partial charge in [0.05, 0.1) is 22.7 Å². The fourth-order valence-electron chi connectivity index (χ4n) is 4.41. The van der Waals surface area contributed by atoms with Crippen LogP contribution in [0.2, 0.25) is 10.0 Å². The molecule has 1 N–H and O–H groups in total. The van der Waals surface area contributed by atoms with Crippen LogP contribution in [0.4, 0.5) is 0 Å². The van der Waals surface area contributed by atoms with Gasteiger partial charge in [-0.25, -0.2) is 0 Å². The highest BCUT2D eigenvalue weighted by Crippen LogP contribution is 2.23. The van der Waals surface area contributed by atoms with Gasteiger partial charge in [-0.3, -0.25) is 9.59 Å². The zero-order chi connectivity index (χ0) is 22.9. The molecule has 6 nitrogen and oxygen atoms in total. The van der Waals surface area contributed by atoms with E-state index >= 15 is 0 Å². The van der Waals surface area contributed by atoms with Crippen LogP contribution in [-0.4, -0.2) is 83.5 Å². The van der Waals surface area contributed by atoms with E-state index < -0.39 is 0 Å². The predicted octanol–water partition coefficient (Wildman–Crippen LogP) is 3.69. The summed E-state index contributed by atoms with van der Waals surface area (Å²) < 4.78 is 0. The molecule has 3 rings (SSSR count). The lowest BCUT2D eigenvalue weighted by atomic mass is 10.1. The Kier molecular flexibility index (Phi) is 9.85. The highest BCUT2D eigenvalue weighted by molar-refractivity contribution is 6.42. The van der Waals surface area contributed by atoms with E-state index in [1.54, 1.807) is 34.1 Å². The maximum absolute atomic E-state index is 12.7. The van der Waals surface area contributed by atoms with E-state index in [-0.39, 0.29) is 30.9 Å². The van der Waals surface area contributed by atoms with Crippen molar-refractivity contribution in [1.29, 1.82) is 0 Å². The van der Waals surface area contributed by atoms with Crippen molar-refractivity contribution in [2.24, 2.45) is 0 Å². The van der Waals surface area contributed by atoms with Gasteiger partial charge >= 0.3 is 0 Å². The number of halogens is 2. The van der Waals surface area contributed by atoms with Crippen LogP contribution < -0.4 is 0 Å². The molecule has 2 aliphatic rings. The Balaban J connectivity index is 1.51. The standard InChI is InChI=1S/C24H33Cl2N3O3/c25-21-8-6-19(17-22(21)26)7-9-23(31)28-14-10-24(32)29(16-15-28)20(18-30)5-4-13-27-11-2-1-3-12-27/h6-9,17,20,30H,1-5,10-16,18H2/b9-7+. The second-order valence-corrected chi connectivity index (χ2v) is 9.36. The lowest BCUT2D eigenvalue weighted by Gasteiger charge is -2.31. The second kappa shape index (κ2) is 12.6. The number of rotatable bonds is 8. The minimum absolute atomic E-state index is 0.00536. The Morgan fingerprint density at radius 3 is 2.56 bits per heavy atom. The van der Waals surface area contributed by atoms with Gasteiger partial charge in [-0.15, -0.1) is 0 Å². The lowest BCUT2D eigenvalue weighted by molar-refractivity contribution is -0.133. The molecule has 0 aliphatic carbocycles. The monoisotopic (exact) mass is 481 g/mol. The summed E-state index contributed by atoms with van der Waals surface area (Å²) in [6.07, 6.45) is 9.06. The Hall–Kier alpha value is -1.60. The van der Waals surface area contributed by atoms with E-state index in [2.05, 4.69) is 4.90 Å². The topological polar surface area (TPSA) is 64.1 Å². The molecule has 0 bridgehead atoms. The van der Waals surface area contributed by atoms with E-state index in [9.17, 15) is 14.7 Å². The number of likely N-dealkylation sites (tertiary alicyclic amines) is 1. The molecule has 1 aromatic carbocycles. The number of nitrogens with zero attached hydrogens (tertiary/aromatic N) is 3. The van der Waals surface area contributed by atoms with Crippen LogP contribution in [0.1, 0.15) is 44.1 Å². The van der Waals surface area contributed by atoms with E-state index in [1.165, 1.54) is 25.3 Å². The number of aliphatic hydroxyl groups is 1.